The van der Waals surface area contributed by atoms with Gasteiger partial charge in [0.05, 0.1) is 7.11 Å². The summed E-state index contributed by atoms with van der Waals surface area (Å²) >= 11 is 3.40. The van der Waals surface area contributed by atoms with Crippen LogP contribution in [-0.2, 0) is 11.2 Å². The molecule has 0 aliphatic carbocycles. The number of esters is 1. The number of ether oxygens (including phenoxy) is 2. The van der Waals surface area contributed by atoms with Gasteiger partial charge in [-0.05, 0) is 48.4 Å². The fraction of sp³-hybridized carbons (Fsp3) is 0.211. The van der Waals surface area contributed by atoms with E-state index in [0.29, 0.717) is 11.5 Å². The van der Waals surface area contributed by atoms with Crippen molar-refractivity contribution in [2.24, 2.45) is 0 Å². The van der Waals surface area contributed by atoms with E-state index in [1.807, 2.05) is 42.5 Å². The van der Waals surface area contributed by atoms with Crippen LogP contribution in [0.1, 0.15) is 24.5 Å². The minimum absolute atomic E-state index is 0.421. The van der Waals surface area contributed by atoms with Crippen molar-refractivity contribution < 1.29 is 14.3 Å². The van der Waals surface area contributed by atoms with Crippen molar-refractivity contribution in [1.82, 2.24) is 0 Å². The summed E-state index contributed by atoms with van der Waals surface area (Å²) in [7, 11) is 1.59. The number of rotatable bonds is 6. The van der Waals surface area contributed by atoms with Crippen molar-refractivity contribution in [3.8, 4) is 11.5 Å². The maximum atomic E-state index is 11.9. The van der Waals surface area contributed by atoms with Gasteiger partial charge in [0.15, 0.2) is 0 Å². The molecule has 0 saturated carbocycles. The maximum Gasteiger partial charge on any atom is 0.336 e. The van der Waals surface area contributed by atoms with Crippen LogP contribution in [0.25, 0.3) is 6.08 Å². The Kier molecular flexibility index (Phi) is 6.41. The molecule has 0 aliphatic rings. The molecule has 2 aromatic carbocycles. The summed E-state index contributed by atoms with van der Waals surface area (Å²) in [5, 5.41) is 0. The molecule has 2 aromatic rings. The molecule has 23 heavy (non-hydrogen) atoms. The van der Waals surface area contributed by atoms with Gasteiger partial charge in [-0.25, -0.2) is 4.79 Å². The number of hydrogen-bond acceptors (Lipinski definition) is 3. The van der Waals surface area contributed by atoms with Crippen LogP contribution in [0.3, 0.4) is 0 Å². The number of carbonyl (C=O) groups excluding carboxylic acids is 1. The largest absolute Gasteiger partial charge is 0.496 e. The van der Waals surface area contributed by atoms with Crippen LogP contribution >= 0.6 is 15.9 Å². The predicted octanol–water partition coefficient (Wildman–Crippen LogP) is 5.03. The second-order valence-corrected chi connectivity index (χ2v) is 5.95. The summed E-state index contributed by atoms with van der Waals surface area (Å²) in [6.07, 6.45) is 5.19. The van der Waals surface area contributed by atoms with Crippen molar-refractivity contribution in [3.05, 3.63) is 64.1 Å². The Labute approximate surface area is 145 Å². The lowest BCUT2D eigenvalue weighted by molar-refractivity contribution is -0.128. The SMILES string of the molecule is CCCc1ccc(OC(=O)/C=C/c2cc(Br)ccc2OC)cc1. The van der Waals surface area contributed by atoms with E-state index < -0.39 is 5.97 Å². The molecule has 0 amide bonds. The number of carbonyl (C=O) groups is 1. The van der Waals surface area contributed by atoms with Crippen LogP contribution in [0.15, 0.2) is 53.0 Å². The molecule has 0 aromatic heterocycles. The van der Waals surface area contributed by atoms with E-state index >= 15 is 0 Å². The van der Waals surface area contributed by atoms with E-state index in [9.17, 15) is 4.79 Å². The topological polar surface area (TPSA) is 35.5 Å². The van der Waals surface area contributed by atoms with E-state index in [0.717, 1.165) is 22.9 Å². The predicted molar refractivity (Wildman–Crippen MR) is 95.8 cm³/mol. The van der Waals surface area contributed by atoms with Crippen molar-refractivity contribution >= 4 is 28.0 Å². The Morgan fingerprint density at radius 2 is 1.91 bits per heavy atom. The third kappa shape index (κ3) is 5.25. The lowest BCUT2D eigenvalue weighted by atomic mass is 10.1. The van der Waals surface area contributed by atoms with E-state index in [1.165, 1.54) is 11.6 Å². The van der Waals surface area contributed by atoms with Crippen molar-refractivity contribution in [1.29, 1.82) is 0 Å². The highest BCUT2D eigenvalue weighted by Crippen LogP contribution is 2.24. The van der Waals surface area contributed by atoms with Gasteiger partial charge in [-0.2, -0.15) is 0 Å². The summed E-state index contributed by atoms with van der Waals surface area (Å²) in [6, 6.07) is 13.2. The molecule has 0 atom stereocenters. The Morgan fingerprint density at radius 1 is 1.17 bits per heavy atom. The molecule has 3 nitrogen and oxygen atoms in total. The molecule has 0 radical (unpaired) electrons. The van der Waals surface area contributed by atoms with E-state index in [1.54, 1.807) is 13.2 Å². The van der Waals surface area contributed by atoms with Crippen molar-refractivity contribution in [3.63, 3.8) is 0 Å². The number of benzene rings is 2. The van der Waals surface area contributed by atoms with Crippen LogP contribution in [0.4, 0.5) is 0 Å². The smallest absolute Gasteiger partial charge is 0.336 e. The fourth-order valence-corrected chi connectivity index (χ4v) is 2.54. The van der Waals surface area contributed by atoms with Crippen LogP contribution in [0.5, 0.6) is 11.5 Å². The Morgan fingerprint density at radius 3 is 2.57 bits per heavy atom. The Bertz CT molecular complexity index is 690. The maximum absolute atomic E-state index is 11.9. The van der Waals surface area contributed by atoms with Gasteiger partial charge < -0.3 is 9.47 Å². The lowest BCUT2D eigenvalue weighted by Crippen LogP contribution is -2.03. The molecule has 0 saturated heterocycles. The molecule has 0 N–H and O–H groups in total. The third-order valence-corrected chi connectivity index (χ3v) is 3.76. The summed E-state index contributed by atoms with van der Waals surface area (Å²) in [5.41, 5.74) is 2.04. The van der Waals surface area contributed by atoms with E-state index in [-0.39, 0.29) is 0 Å². The molecule has 0 aliphatic heterocycles. The van der Waals surface area contributed by atoms with Crippen LogP contribution < -0.4 is 9.47 Å². The molecular weight excluding hydrogens is 356 g/mol. The molecule has 0 fully saturated rings. The highest BCUT2D eigenvalue weighted by Gasteiger charge is 2.04. The second-order valence-electron chi connectivity index (χ2n) is 5.03. The first-order valence-corrected chi connectivity index (χ1v) is 8.24. The standard InChI is InChI=1S/C19H19BrO3/c1-3-4-14-5-9-17(10-6-14)23-19(21)12-7-15-13-16(20)8-11-18(15)22-2/h5-13H,3-4H2,1-2H3/b12-7+. The first-order valence-electron chi connectivity index (χ1n) is 7.44. The van der Waals surface area contributed by atoms with Crippen LogP contribution in [0.2, 0.25) is 0 Å². The Hall–Kier alpha value is -2.07. The highest BCUT2D eigenvalue weighted by atomic mass is 79.9. The third-order valence-electron chi connectivity index (χ3n) is 3.27. The zero-order valence-electron chi connectivity index (χ0n) is 13.2. The van der Waals surface area contributed by atoms with Gasteiger partial charge >= 0.3 is 5.97 Å². The minimum Gasteiger partial charge on any atom is -0.496 e. The van der Waals surface area contributed by atoms with Crippen LogP contribution in [0, 0.1) is 0 Å². The van der Waals surface area contributed by atoms with Crippen molar-refractivity contribution in [2.75, 3.05) is 7.11 Å². The first-order chi connectivity index (χ1) is 11.1. The van der Waals surface area contributed by atoms with Gasteiger partial charge in [0.25, 0.3) is 0 Å². The quantitative estimate of drug-likeness (QED) is 0.404. The first kappa shape index (κ1) is 17.3. The van der Waals surface area contributed by atoms with Gasteiger partial charge in [0.1, 0.15) is 11.5 Å². The number of hydrogen-bond donors (Lipinski definition) is 0. The van der Waals surface area contributed by atoms with Gasteiger partial charge in [0.2, 0.25) is 0 Å². The average Bonchev–Trinajstić information content (AvgIpc) is 2.55. The molecule has 0 bridgehead atoms. The Balaban J connectivity index is 2.03. The number of aryl methyl sites for hydroxylation is 1. The monoisotopic (exact) mass is 374 g/mol. The fourth-order valence-electron chi connectivity index (χ4n) is 2.16. The van der Waals surface area contributed by atoms with E-state index in [2.05, 4.69) is 22.9 Å². The van der Waals surface area contributed by atoms with Gasteiger partial charge in [-0.1, -0.05) is 41.4 Å². The molecule has 0 unspecified atom stereocenters. The lowest BCUT2D eigenvalue weighted by Gasteiger charge is -2.05. The second kappa shape index (κ2) is 8.53. The summed E-state index contributed by atoms with van der Waals surface area (Å²) < 4.78 is 11.5. The van der Waals surface area contributed by atoms with Crippen molar-refractivity contribution in [2.45, 2.75) is 19.8 Å². The minimum atomic E-state index is -0.421. The molecular formula is C19H19BrO3. The summed E-state index contributed by atoms with van der Waals surface area (Å²) in [4.78, 5) is 11.9. The molecule has 2 rings (SSSR count). The summed E-state index contributed by atoms with van der Waals surface area (Å²) in [6.45, 7) is 2.13. The normalized spacial score (nSPS) is 10.7. The number of halogens is 1. The molecule has 120 valence electrons. The van der Waals surface area contributed by atoms with Gasteiger partial charge in [-0.3, -0.25) is 0 Å². The summed E-state index contributed by atoms with van der Waals surface area (Å²) in [5.74, 6) is 0.817. The molecule has 0 spiro atoms. The van der Waals surface area contributed by atoms with Gasteiger partial charge in [-0.15, -0.1) is 0 Å². The van der Waals surface area contributed by atoms with E-state index in [4.69, 9.17) is 9.47 Å². The average molecular weight is 375 g/mol. The zero-order valence-corrected chi connectivity index (χ0v) is 14.8. The van der Waals surface area contributed by atoms with Crippen LogP contribution in [-0.4, -0.2) is 13.1 Å². The van der Waals surface area contributed by atoms with Gasteiger partial charge in [0, 0.05) is 16.1 Å². The molecule has 0 heterocycles. The zero-order chi connectivity index (χ0) is 16.7. The number of methoxy groups -OCH3 is 1. The molecule has 4 heteroatoms. The highest BCUT2D eigenvalue weighted by molar-refractivity contribution is 9.10.